The zero-order chi connectivity index (χ0) is 7.40. The standard InChI is InChI=1S/C7H15N3/c1-6(8)10-7-3-2-4-9-5-7/h7,9H,2-5H2,1H3,(H2,8,10). The van der Waals surface area contributed by atoms with E-state index in [4.69, 9.17) is 5.73 Å². The van der Waals surface area contributed by atoms with Crippen molar-refractivity contribution in [1.29, 1.82) is 0 Å². The van der Waals surface area contributed by atoms with Crippen LogP contribution in [0, 0.1) is 0 Å². The fraction of sp³-hybridized carbons (Fsp3) is 0.857. The van der Waals surface area contributed by atoms with E-state index in [9.17, 15) is 0 Å². The molecule has 1 unspecified atom stereocenters. The van der Waals surface area contributed by atoms with Crippen molar-refractivity contribution in [2.45, 2.75) is 25.8 Å². The number of nitrogens with one attached hydrogen (secondary N) is 1. The summed E-state index contributed by atoms with van der Waals surface area (Å²) < 4.78 is 0. The van der Waals surface area contributed by atoms with Crippen molar-refractivity contribution in [3.8, 4) is 0 Å². The Morgan fingerprint density at radius 1 is 1.70 bits per heavy atom. The van der Waals surface area contributed by atoms with Crippen LogP contribution in [0.3, 0.4) is 0 Å². The minimum absolute atomic E-state index is 0.429. The molecule has 3 N–H and O–H groups in total. The lowest BCUT2D eigenvalue weighted by molar-refractivity contribution is 0.460. The van der Waals surface area contributed by atoms with Crippen molar-refractivity contribution in [3.63, 3.8) is 0 Å². The van der Waals surface area contributed by atoms with E-state index in [-0.39, 0.29) is 0 Å². The summed E-state index contributed by atoms with van der Waals surface area (Å²) >= 11 is 0. The summed E-state index contributed by atoms with van der Waals surface area (Å²) in [6, 6.07) is 0.429. The lowest BCUT2D eigenvalue weighted by Gasteiger charge is -2.18. The average Bonchev–Trinajstić information content (AvgIpc) is 1.88. The molecule has 0 amide bonds. The topological polar surface area (TPSA) is 50.4 Å². The molecule has 3 heteroatoms. The molecule has 0 bridgehead atoms. The second-order valence-corrected chi connectivity index (χ2v) is 2.77. The Kier molecular flexibility index (Phi) is 2.68. The maximum atomic E-state index is 5.45. The van der Waals surface area contributed by atoms with Crippen LogP contribution < -0.4 is 11.1 Å². The first kappa shape index (κ1) is 7.54. The van der Waals surface area contributed by atoms with Gasteiger partial charge in [0, 0.05) is 6.54 Å². The Hall–Kier alpha value is -0.570. The molecular weight excluding hydrogens is 126 g/mol. The van der Waals surface area contributed by atoms with Gasteiger partial charge in [0.25, 0.3) is 0 Å². The smallest absolute Gasteiger partial charge is 0.0909 e. The highest BCUT2D eigenvalue weighted by Gasteiger charge is 2.10. The zero-order valence-corrected chi connectivity index (χ0v) is 6.43. The number of nitrogens with zero attached hydrogens (tertiary/aromatic N) is 1. The molecule has 0 aromatic heterocycles. The number of aliphatic imine (C=N–C) groups is 1. The van der Waals surface area contributed by atoms with Crippen LogP contribution in [0.1, 0.15) is 19.8 Å². The largest absolute Gasteiger partial charge is 0.388 e. The molecule has 0 aromatic carbocycles. The number of piperidine rings is 1. The van der Waals surface area contributed by atoms with E-state index in [2.05, 4.69) is 10.3 Å². The molecule has 0 aliphatic carbocycles. The summed E-state index contributed by atoms with van der Waals surface area (Å²) in [5, 5.41) is 3.28. The molecule has 1 heterocycles. The van der Waals surface area contributed by atoms with Crippen LogP contribution >= 0.6 is 0 Å². The van der Waals surface area contributed by atoms with Crippen LogP contribution in [0.5, 0.6) is 0 Å². The van der Waals surface area contributed by atoms with Gasteiger partial charge >= 0.3 is 0 Å². The quantitative estimate of drug-likeness (QED) is 0.402. The maximum Gasteiger partial charge on any atom is 0.0909 e. The Labute approximate surface area is 61.7 Å². The number of hydrogen-bond donors (Lipinski definition) is 2. The normalized spacial score (nSPS) is 28.5. The molecule has 0 aromatic rings. The first-order valence-electron chi connectivity index (χ1n) is 3.79. The number of rotatable bonds is 1. The number of nitrogens with two attached hydrogens (primary N) is 1. The van der Waals surface area contributed by atoms with Gasteiger partial charge in [0.1, 0.15) is 0 Å². The summed E-state index contributed by atoms with van der Waals surface area (Å²) in [5.74, 6) is 0.703. The van der Waals surface area contributed by atoms with Crippen LogP contribution in [-0.2, 0) is 0 Å². The van der Waals surface area contributed by atoms with E-state index >= 15 is 0 Å². The van der Waals surface area contributed by atoms with Gasteiger partial charge in [-0.3, -0.25) is 4.99 Å². The van der Waals surface area contributed by atoms with Gasteiger partial charge in [-0.05, 0) is 26.3 Å². The predicted molar refractivity (Wildman–Crippen MR) is 43.2 cm³/mol. The third kappa shape index (κ3) is 2.35. The van der Waals surface area contributed by atoms with Crippen LogP contribution in [0.25, 0.3) is 0 Å². The van der Waals surface area contributed by atoms with E-state index < -0.39 is 0 Å². The molecule has 1 rings (SSSR count). The molecule has 10 heavy (non-hydrogen) atoms. The van der Waals surface area contributed by atoms with E-state index in [0.717, 1.165) is 13.1 Å². The Morgan fingerprint density at radius 2 is 2.50 bits per heavy atom. The van der Waals surface area contributed by atoms with Crippen molar-refractivity contribution in [1.82, 2.24) is 5.32 Å². The number of hydrogen-bond acceptors (Lipinski definition) is 2. The fourth-order valence-electron chi connectivity index (χ4n) is 1.23. The third-order valence-electron chi connectivity index (χ3n) is 1.66. The average molecular weight is 141 g/mol. The SMILES string of the molecule is CC(N)=NC1CCCNC1. The predicted octanol–water partition coefficient (Wildman–Crippen LogP) is 0.115. The summed E-state index contributed by atoms with van der Waals surface area (Å²) in [5.41, 5.74) is 5.45. The molecule has 3 nitrogen and oxygen atoms in total. The molecule has 1 aliphatic heterocycles. The monoisotopic (exact) mass is 141 g/mol. The molecule has 1 saturated heterocycles. The molecule has 0 spiro atoms. The van der Waals surface area contributed by atoms with Crippen molar-refractivity contribution in [2.75, 3.05) is 13.1 Å². The second-order valence-electron chi connectivity index (χ2n) is 2.77. The molecule has 0 saturated carbocycles. The van der Waals surface area contributed by atoms with Gasteiger partial charge < -0.3 is 11.1 Å². The highest BCUT2D eigenvalue weighted by Crippen LogP contribution is 2.04. The van der Waals surface area contributed by atoms with Crippen LogP contribution in [-0.4, -0.2) is 25.0 Å². The van der Waals surface area contributed by atoms with Crippen molar-refractivity contribution in [2.24, 2.45) is 10.7 Å². The van der Waals surface area contributed by atoms with Crippen molar-refractivity contribution < 1.29 is 0 Å². The maximum absolute atomic E-state index is 5.45. The van der Waals surface area contributed by atoms with E-state index in [0.29, 0.717) is 11.9 Å². The zero-order valence-electron chi connectivity index (χ0n) is 6.43. The molecular formula is C7H15N3. The van der Waals surface area contributed by atoms with Crippen LogP contribution in [0.15, 0.2) is 4.99 Å². The number of amidine groups is 1. The van der Waals surface area contributed by atoms with Gasteiger partial charge in [-0.15, -0.1) is 0 Å². The molecule has 1 atom stereocenters. The van der Waals surface area contributed by atoms with Crippen LogP contribution in [0.4, 0.5) is 0 Å². The van der Waals surface area contributed by atoms with Gasteiger partial charge in [-0.25, -0.2) is 0 Å². The van der Waals surface area contributed by atoms with E-state index in [1.165, 1.54) is 12.8 Å². The van der Waals surface area contributed by atoms with Gasteiger partial charge in [0.15, 0.2) is 0 Å². The van der Waals surface area contributed by atoms with Crippen LogP contribution in [0.2, 0.25) is 0 Å². The summed E-state index contributed by atoms with van der Waals surface area (Å²) in [6.45, 7) is 3.97. The second kappa shape index (κ2) is 3.56. The molecule has 0 radical (unpaired) electrons. The summed E-state index contributed by atoms with van der Waals surface area (Å²) in [7, 11) is 0. The minimum Gasteiger partial charge on any atom is -0.388 e. The summed E-state index contributed by atoms with van der Waals surface area (Å²) in [6.07, 6.45) is 2.41. The van der Waals surface area contributed by atoms with Gasteiger partial charge in [0.05, 0.1) is 11.9 Å². The highest BCUT2D eigenvalue weighted by atomic mass is 15.0. The highest BCUT2D eigenvalue weighted by molar-refractivity contribution is 5.77. The fourth-order valence-corrected chi connectivity index (χ4v) is 1.23. The Balaban J connectivity index is 2.33. The Bertz CT molecular complexity index is 121. The molecule has 58 valence electrons. The third-order valence-corrected chi connectivity index (χ3v) is 1.66. The van der Waals surface area contributed by atoms with E-state index in [1.807, 2.05) is 6.92 Å². The van der Waals surface area contributed by atoms with Gasteiger partial charge in [-0.2, -0.15) is 0 Å². The van der Waals surface area contributed by atoms with Gasteiger partial charge in [0.2, 0.25) is 0 Å². The first-order chi connectivity index (χ1) is 4.79. The van der Waals surface area contributed by atoms with Gasteiger partial charge in [-0.1, -0.05) is 0 Å². The molecule has 1 fully saturated rings. The first-order valence-corrected chi connectivity index (χ1v) is 3.79. The van der Waals surface area contributed by atoms with E-state index in [1.54, 1.807) is 0 Å². The lowest BCUT2D eigenvalue weighted by Crippen LogP contribution is -2.33. The minimum atomic E-state index is 0.429. The summed E-state index contributed by atoms with van der Waals surface area (Å²) in [4.78, 5) is 4.27. The van der Waals surface area contributed by atoms with Crippen molar-refractivity contribution in [3.05, 3.63) is 0 Å². The lowest BCUT2D eigenvalue weighted by atomic mass is 10.1. The molecule has 1 aliphatic rings. The Morgan fingerprint density at radius 3 is 3.00 bits per heavy atom. The van der Waals surface area contributed by atoms with Crippen molar-refractivity contribution >= 4 is 5.84 Å².